The zero-order valence-electron chi connectivity index (χ0n) is 14.2. The second-order valence-electron chi connectivity index (χ2n) is 6.25. The Kier molecular flexibility index (Phi) is 6.05. The van der Waals surface area contributed by atoms with Gasteiger partial charge in [-0.25, -0.2) is 12.8 Å². The molecule has 0 bridgehead atoms. The zero-order chi connectivity index (χ0) is 19.6. The van der Waals surface area contributed by atoms with Crippen LogP contribution >= 0.6 is 23.2 Å². The average Bonchev–Trinajstić information content (AvgIpc) is 2.66. The zero-order valence-corrected chi connectivity index (χ0v) is 16.5. The van der Waals surface area contributed by atoms with Gasteiger partial charge in [0.15, 0.2) is 0 Å². The monoisotopic (exact) mass is 430 g/mol. The van der Waals surface area contributed by atoms with E-state index in [1.165, 1.54) is 16.4 Å². The van der Waals surface area contributed by atoms with Crippen LogP contribution in [-0.4, -0.2) is 31.7 Å². The van der Waals surface area contributed by atoms with Gasteiger partial charge in [-0.15, -0.1) is 0 Å². The second kappa shape index (κ2) is 8.14. The normalized spacial score (nSPS) is 18.3. The molecule has 1 saturated heterocycles. The lowest BCUT2D eigenvalue weighted by molar-refractivity contribution is -0.120. The van der Waals surface area contributed by atoms with Gasteiger partial charge in [0.1, 0.15) is 5.82 Å². The molecule has 5 nitrogen and oxygen atoms in total. The highest BCUT2D eigenvalue weighted by molar-refractivity contribution is 7.89. The van der Waals surface area contributed by atoms with Crippen molar-refractivity contribution in [3.8, 4) is 0 Å². The van der Waals surface area contributed by atoms with Gasteiger partial charge in [0.05, 0.1) is 26.5 Å². The van der Waals surface area contributed by atoms with Gasteiger partial charge in [-0.05, 0) is 49.2 Å². The molecule has 0 radical (unpaired) electrons. The molecule has 2 aromatic rings. The molecule has 1 atom stereocenters. The first-order chi connectivity index (χ1) is 12.8. The smallest absolute Gasteiger partial charge is 0.243 e. The third-order valence-corrected chi connectivity index (χ3v) is 7.11. The maximum Gasteiger partial charge on any atom is 0.243 e. The summed E-state index contributed by atoms with van der Waals surface area (Å²) in [5.74, 6) is -1.36. The Morgan fingerprint density at radius 2 is 1.85 bits per heavy atom. The van der Waals surface area contributed by atoms with E-state index >= 15 is 0 Å². The number of rotatable bonds is 4. The standard InChI is InChI=1S/C18H17Cl2FN2O3S/c19-15-4-1-5-16(17(15)20)22-18(24)12-3-2-10-23(11-12)27(25,26)14-8-6-13(21)7-9-14/h1,4-9,12H,2-3,10-11H2,(H,22,24). The Bertz CT molecular complexity index is 952. The van der Waals surface area contributed by atoms with E-state index in [9.17, 15) is 17.6 Å². The molecule has 1 aliphatic rings. The van der Waals surface area contributed by atoms with Gasteiger partial charge >= 0.3 is 0 Å². The van der Waals surface area contributed by atoms with E-state index in [0.29, 0.717) is 30.1 Å². The third-order valence-electron chi connectivity index (χ3n) is 4.42. The maximum atomic E-state index is 13.1. The molecule has 0 saturated carbocycles. The molecular formula is C18H17Cl2FN2O3S. The molecule has 27 heavy (non-hydrogen) atoms. The number of benzene rings is 2. The van der Waals surface area contributed by atoms with Crippen molar-refractivity contribution >= 4 is 44.8 Å². The number of nitrogens with one attached hydrogen (secondary N) is 1. The van der Waals surface area contributed by atoms with E-state index < -0.39 is 21.8 Å². The first-order valence-corrected chi connectivity index (χ1v) is 10.5. The van der Waals surface area contributed by atoms with Crippen LogP contribution in [0.1, 0.15) is 12.8 Å². The summed E-state index contributed by atoms with van der Waals surface area (Å²) in [7, 11) is -3.79. The second-order valence-corrected chi connectivity index (χ2v) is 8.97. The molecule has 1 fully saturated rings. The largest absolute Gasteiger partial charge is 0.324 e. The Hall–Kier alpha value is -1.67. The molecule has 0 aromatic heterocycles. The number of anilines is 1. The number of hydrogen-bond donors (Lipinski definition) is 1. The first-order valence-electron chi connectivity index (χ1n) is 8.29. The van der Waals surface area contributed by atoms with Crippen molar-refractivity contribution in [2.24, 2.45) is 5.92 Å². The fourth-order valence-electron chi connectivity index (χ4n) is 2.97. The Labute approximate surface area is 167 Å². The lowest BCUT2D eigenvalue weighted by Gasteiger charge is -2.31. The molecular weight excluding hydrogens is 414 g/mol. The van der Waals surface area contributed by atoms with Crippen molar-refractivity contribution in [2.45, 2.75) is 17.7 Å². The lowest BCUT2D eigenvalue weighted by atomic mass is 9.99. The van der Waals surface area contributed by atoms with E-state index in [-0.39, 0.29) is 22.4 Å². The molecule has 144 valence electrons. The fourth-order valence-corrected chi connectivity index (χ4v) is 4.84. The van der Waals surface area contributed by atoms with Crippen LogP contribution in [0.25, 0.3) is 0 Å². The predicted octanol–water partition coefficient (Wildman–Crippen LogP) is 4.17. The third kappa shape index (κ3) is 4.43. The van der Waals surface area contributed by atoms with Crippen LogP contribution < -0.4 is 5.32 Å². The van der Waals surface area contributed by atoms with Gasteiger partial charge in [-0.1, -0.05) is 29.3 Å². The topological polar surface area (TPSA) is 66.5 Å². The van der Waals surface area contributed by atoms with Crippen molar-refractivity contribution in [3.05, 3.63) is 58.3 Å². The van der Waals surface area contributed by atoms with Crippen molar-refractivity contribution in [1.29, 1.82) is 0 Å². The quantitative estimate of drug-likeness (QED) is 0.790. The van der Waals surface area contributed by atoms with Crippen LogP contribution in [0, 0.1) is 11.7 Å². The van der Waals surface area contributed by atoms with Crippen LogP contribution in [0.2, 0.25) is 10.0 Å². The number of hydrogen-bond acceptors (Lipinski definition) is 3. The summed E-state index contributed by atoms with van der Waals surface area (Å²) in [5, 5.41) is 3.27. The van der Waals surface area contributed by atoms with Crippen LogP contribution in [0.15, 0.2) is 47.4 Å². The molecule has 1 aliphatic heterocycles. The van der Waals surface area contributed by atoms with Gasteiger partial charge in [0.25, 0.3) is 0 Å². The van der Waals surface area contributed by atoms with E-state index in [4.69, 9.17) is 23.2 Å². The van der Waals surface area contributed by atoms with Crippen molar-refractivity contribution in [1.82, 2.24) is 4.31 Å². The average molecular weight is 431 g/mol. The molecule has 1 heterocycles. The molecule has 1 N–H and O–H groups in total. The number of piperidine rings is 1. The molecule has 1 amide bonds. The summed E-state index contributed by atoms with van der Waals surface area (Å²) < 4.78 is 39.8. The predicted molar refractivity (Wildman–Crippen MR) is 103 cm³/mol. The van der Waals surface area contributed by atoms with Gasteiger partial charge in [0.2, 0.25) is 15.9 Å². The molecule has 0 spiro atoms. The molecule has 0 aliphatic carbocycles. The minimum Gasteiger partial charge on any atom is -0.324 e. The number of carbonyl (C=O) groups excluding carboxylic acids is 1. The minimum atomic E-state index is -3.79. The summed E-state index contributed by atoms with van der Waals surface area (Å²) in [4.78, 5) is 12.6. The van der Waals surface area contributed by atoms with Crippen molar-refractivity contribution in [2.75, 3.05) is 18.4 Å². The Balaban J connectivity index is 1.74. The molecule has 9 heteroatoms. The van der Waals surface area contributed by atoms with Crippen molar-refractivity contribution < 1.29 is 17.6 Å². The van der Waals surface area contributed by atoms with Crippen LogP contribution in [0.3, 0.4) is 0 Å². The number of halogens is 3. The highest BCUT2D eigenvalue weighted by Gasteiger charge is 2.33. The molecule has 2 aromatic carbocycles. The maximum absolute atomic E-state index is 13.1. The summed E-state index contributed by atoms with van der Waals surface area (Å²) in [6.07, 6.45) is 1.10. The summed E-state index contributed by atoms with van der Waals surface area (Å²) in [6, 6.07) is 9.54. The minimum absolute atomic E-state index is 0.00263. The number of carbonyl (C=O) groups is 1. The van der Waals surface area contributed by atoms with Crippen LogP contribution in [0.5, 0.6) is 0 Å². The van der Waals surface area contributed by atoms with E-state index in [1.807, 2.05) is 0 Å². The van der Waals surface area contributed by atoms with Crippen LogP contribution in [0.4, 0.5) is 10.1 Å². The van der Waals surface area contributed by atoms with Gasteiger partial charge in [-0.2, -0.15) is 4.31 Å². The summed E-state index contributed by atoms with van der Waals surface area (Å²) >= 11 is 12.0. The lowest BCUT2D eigenvalue weighted by Crippen LogP contribution is -2.43. The summed E-state index contributed by atoms with van der Waals surface area (Å²) in [6.45, 7) is 0.352. The number of sulfonamides is 1. The van der Waals surface area contributed by atoms with Gasteiger partial charge in [-0.3, -0.25) is 4.79 Å². The van der Waals surface area contributed by atoms with Crippen LogP contribution in [-0.2, 0) is 14.8 Å². The first kappa shape index (κ1) is 20.1. The highest BCUT2D eigenvalue weighted by atomic mass is 35.5. The molecule has 3 rings (SSSR count). The summed E-state index contributed by atoms with van der Waals surface area (Å²) in [5.41, 5.74) is 0.382. The van der Waals surface area contributed by atoms with E-state index in [2.05, 4.69) is 5.32 Å². The van der Waals surface area contributed by atoms with Gasteiger partial charge in [0, 0.05) is 13.1 Å². The van der Waals surface area contributed by atoms with Gasteiger partial charge < -0.3 is 5.32 Å². The van der Waals surface area contributed by atoms with Crippen molar-refractivity contribution in [3.63, 3.8) is 0 Å². The van der Waals surface area contributed by atoms with E-state index in [1.54, 1.807) is 18.2 Å². The highest BCUT2D eigenvalue weighted by Crippen LogP contribution is 2.31. The Morgan fingerprint density at radius 1 is 1.15 bits per heavy atom. The number of amides is 1. The SMILES string of the molecule is O=C(Nc1cccc(Cl)c1Cl)C1CCCN(S(=O)(=O)c2ccc(F)cc2)C1. The number of nitrogens with zero attached hydrogens (tertiary/aromatic N) is 1. The molecule has 1 unspecified atom stereocenters. The Morgan fingerprint density at radius 3 is 2.56 bits per heavy atom. The van der Waals surface area contributed by atoms with E-state index in [0.717, 1.165) is 12.1 Å². The fraction of sp³-hybridized carbons (Fsp3) is 0.278.